The van der Waals surface area contributed by atoms with E-state index in [1.54, 1.807) is 0 Å². The van der Waals surface area contributed by atoms with Crippen LogP contribution in [0.2, 0.25) is 0 Å². The Balaban J connectivity index is 2.39. The van der Waals surface area contributed by atoms with Gasteiger partial charge in [0.25, 0.3) is 5.76 Å². The van der Waals surface area contributed by atoms with E-state index in [2.05, 4.69) is 0 Å². The molecular weight excluding hydrogens is 289 g/mol. The molecule has 0 saturated heterocycles. The minimum Gasteiger partial charge on any atom is -0.478 e. The summed E-state index contributed by atoms with van der Waals surface area (Å²) in [5.74, 6) is -4.40. The zero-order chi connectivity index (χ0) is 14.7. The summed E-state index contributed by atoms with van der Waals surface area (Å²) >= 11 is 0.406. The van der Waals surface area contributed by atoms with Gasteiger partial charge in [-0.2, -0.15) is 8.78 Å². The lowest BCUT2D eigenvalue weighted by molar-refractivity contribution is 0.0697. The molecule has 1 N–H and O–H groups in total. The Bertz CT molecular complexity index is 627. The first-order chi connectivity index (χ1) is 9.47. The van der Waals surface area contributed by atoms with Crippen LogP contribution in [0, 0.1) is 5.82 Å². The molecule has 0 amide bonds. The smallest absolute Gasteiger partial charge is 0.336 e. The summed E-state index contributed by atoms with van der Waals surface area (Å²) < 4.78 is 37.5. The van der Waals surface area contributed by atoms with Crippen molar-refractivity contribution in [3.63, 3.8) is 0 Å². The Morgan fingerprint density at radius 1 is 1.10 bits per heavy atom. The van der Waals surface area contributed by atoms with Crippen molar-refractivity contribution in [3.05, 3.63) is 53.8 Å². The number of carboxylic acids is 1. The molecule has 0 atom stereocenters. The fraction of sp³-hybridized carbons (Fsp3) is 0.0714. The summed E-state index contributed by atoms with van der Waals surface area (Å²) in [5, 5.41) is 9.06. The zero-order valence-corrected chi connectivity index (χ0v) is 10.8. The summed E-state index contributed by atoms with van der Waals surface area (Å²) in [6, 6.07) is 9.45. The maximum absolute atomic E-state index is 13.1. The summed E-state index contributed by atoms with van der Waals surface area (Å²) in [4.78, 5) is 11.5. The molecule has 2 aromatic carbocycles. The van der Waals surface area contributed by atoms with Crippen molar-refractivity contribution in [2.75, 3.05) is 0 Å². The Morgan fingerprint density at radius 3 is 2.30 bits per heavy atom. The topological polar surface area (TPSA) is 37.3 Å². The lowest BCUT2D eigenvalue weighted by atomic mass is 10.00. The van der Waals surface area contributed by atoms with Crippen molar-refractivity contribution < 1.29 is 23.1 Å². The van der Waals surface area contributed by atoms with Crippen LogP contribution in [0.5, 0.6) is 0 Å². The fourth-order valence-corrected chi connectivity index (χ4v) is 2.26. The van der Waals surface area contributed by atoms with E-state index in [9.17, 15) is 18.0 Å². The maximum Gasteiger partial charge on any atom is 0.336 e. The van der Waals surface area contributed by atoms with Gasteiger partial charge in [0.2, 0.25) is 0 Å². The van der Waals surface area contributed by atoms with Gasteiger partial charge in [-0.05, 0) is 35.4 Å². The van der Waals surface area contributed by atoms with Crippen molar-refractivity contribution in [3.8, 4) is 11.1 Å². The van der Waals surface area contributed by atoms with Crippen molar-refractivity contribution in [2.45, 2.75) is 10.7 Å². The molecule has 0 aromatic heterocycles. The highest BCUT2D eigenvalue weighted by atomic mass is 32.2. The fourth-order valence-electron chi connectivity index (χ4n) is 1.76. The SMILES string of the molecule is O=C(O)c1cc(F)ccc1-c1ccc(SC(F)F)cc1. The maximum atomic E-state index is 13.1. The van der Waals surface area contributed by atoms with Gasteiger partial charge in [0.05, 0.1) is 5.56 Å². The number of alkyl halides is 2. The third-order valence-electron chi connectivity index (χ3n) is 2.60. The molecule has 104 valence electrons. The van der Waals surface area contributed by atoms with E-state index in [0.29, 0.717) is 27.8 Å². The highest BCUT2D eigenvalue weighted by Gasteiger charge is 2.13. The van der Waals surface area contributed by atoms with Crippen molar-refractivity contribution in [1.82, 2.24) is 0 Å². The van der Waals surface area contributed by atoms with E-state index in [1.807, 2.05) is 0 Å². The van der Waals surface area contributed by atoms with Crippen molar-refractivity contribution in [1.29, 1.82) is 0 Å². The summed E-state index contributed by atoms with van der Waals surface area (Å²) in [6.07, 6.45) is 0. The number of rotatable bonds is 4. The number of aromatic carboxylic acids is 1. The molecule has 0 saturated carbocycles. The Kier molecular flexibility index (Phi) is 4.34. The molecule has 0 heterocycles. The van der Waals surface area contributed by atoms with Gasteiger partial charge in [0, 0.05) is 4.90 Å². The van der Waals surface area contributed by atoms with Crippen molar-refractivity contribution >= 4 is 17.7 Å². The molecule has 0 fully saturated rings. The number of benzene rings is 2. The number of thioether (sulfide) groups is 1. The lowest BCUT2D eigenvalue weighted by Crippen LogP contribution is -2.00. The first kappa shape index (κ1) is 14.5. The molecule has 0 unspecified atom stereocenters. The van der Waals surface area contributed by atoms with Crippen LogP contribution in [0.25, 0.3) is 11.1 Å². The van der Waals surface area contributed by atoms with Crippen LogP contribution >= 0.6 is 11.8 Å². The van der Waals surface area contributed by atoms with Gasteiger partial charge in [0.1, 0.15) is 5.82 Å². The summed E-state index contributed by atoms with van der Waals surface area (Å²) in [5.41, 5.74) is 0.702. The molecular formula is C14H9F3O2S. The van der Waals surface area contributed by atoms with Gasteiger partial charge < -0.3 is 5.11 Å². The number of carboxylic acid groups (broad SMARTS) is 1. The predicted molar refractivity (Wildman–Crippen MR) is 70.7 cm³/mol. The largest absolute Gasteiger partial charge is 0.478 e. The van der Waals surface area contributed by atoms with Crippen LogP contribution in [0.15, 0.2) is 47.4 Å². The van der Waals surface area contributed by atoms with E-state index in [-0.39, 0.29) is 5.56 Å². The predicted octanol–water partition coefficient (Wildman–Crippen LogP) is 4.51. The third kappa shape index (κ3) is 3.33. The van der Waals surface area contributed by atoms with Crippen molar-refractivity contribution in [2.24, 2.45) is 0 Å². The van der Waals surface area contributed by atoms with Gasteiger partial charge in [-0.1, -0.05) is 30.0 Å². The second-order valence-corrected chi connectivity index (χ2v) is 4.96. The normalized spacial score (nSPS) is 10.8. The first-order valence-electron chi connectivity index (χ1n) is 5.55. The van der Waals surface area contributed by atoms with E-state index in [4.69, 9.17) is 5.11 Å². The third-order valence-corrected chi connectivity index (χ3v) is 3.33. The van der Waals surface area contributed by atoms with Gasteiger partial charge >= 0.3 is 5.97 Å². The second-order valence-electron chi connectivity index (χ2n) is 3.90. The number of halogens is 3. The van der Waals surface area contributed by atoms with E-state index in [1.165, 1.54) is 30.3 Å². The quantitative estimate of drug-likeness (QED) is 0.844. The molecule has 0 aliphatic carbocycles. The Hall–Kier alpha value is -1.95. The van der Waals surface area contributed by atoms with E-state index in [0.717, 1.165) is 12.1 Å². The standard InChI is InChI=1S/C14H9F3O2S/c15-9-3-6-11(12(7-9)13(18)19)8-1-4-10(5-2-8)20-14(16)17/h1-7,14H,(H,18,19). The lowest BCUT2D eigenvalue weighted by Gasteiger charge is -2.07. The molecule has 0 aliphatic heterocycles. The zero-order valence-electron chi connectivity index (χ0n) is 10.0. The second kappa shape index (κ2) is 6.00. The van der Waals surface area contributed by atoms with E-state index >= 15 is 0 Å². The molecule has 0 spiro atoms. The minimum atomic E-state index is -2.51. The average Bonchev–Trinajstić information content (AvgIpc) is 2.39. The summed E-state index contributed by atoms with van der Waals surface area (Å²) in [6.45, 7) is 0. The van der Waals surface area contributed by atoms with Crippen LogP contribution in [0.4, 0.5) is 13.2 Å². The van der Waals surface area contributed by atoms with Gasteiger partial charge in [0.15, 0.2) is 0 Å². The first-order valence-corrected chi connectivity index (χ1v) is 6.43. The highest BCUT2D eigenvalue weighted by molar-refractivity contribution is 7.99. The average molecular weight is 298 g/mol. The molecule has 6 heteroatoms. The number of carbonyl (C=O) groups is 1. The monoisotopic (exact) mass is 298 g/mol. The molecule has 0 radical (unpaired) electrons. The molecule has 2 rings (SSSR count). The number of hydrogen-bond acceptors (Lipinski definition) is 2. The Labute approximate surface area is 117 Å². The van der Waals surface area contributed by atoms with Gasteiger partial charge in [-0.15, -0.1) is 0 Å². The summed E-state index contributed by atoms with van der Waals surface area (Å²) in [7, 11) is 0. The van der Waals surface area contributed by atoms with Crippen LogP contribution in [-0.2, 0) is 0 Å². The number of hydrogen-bond donors (Lipinski definition) is 1. The van der Waals surface area contributed by atoms with Crippen LogP contribution < -0.4 is 0 Å². The van der Waals surface area contributed by atoms with Crippen LogP contribution in [-0.4, -0.2) is 16.8 Å². The molecule has 0 aliphatic rings. The highest BCUT2D eigenvalue weighted by Crippen LogP contribution is 2.29. The molecule has 2 nitrogen and oxygen atoms in total. The molecule has 0 bridgehead atoms. The van der Waals surface area contributed by atoms with Crippen LogP contribution in [0.3, 0.4) is 0 Å². The van der Waals surface area contributed by atoms with Gasteiger partial charge in [-0.3, -0.25) is 0 Å². The minimum absolute atomic E-state index is 0.167. The molecule has 2 aromatic rings. The van der Waals surface area contributed by atoms with Crippen LogP contribution in [0.1, 0.15) is 10.4 Å². The van der Waals surface area contributed by atoms with Gasteiger partial charge in [-0.25, -0.2) is 9.18 Å². The molecule has 20 heavy (non-hydrogen) atoms. The Morgan fingerprint density at radius 2 is 1.75 bits per heavy atom. The van der Waals surface area contributed by atoms with E-state index < -0.39 is 17.5 Å².